The quantitative estimate of drug-likeness (QED) is 0.547. The molecule has 0 N–H and O–H groups in total. The van der Waals surface area contributed by atoms with Crippen LogP contribution in [0, 0.1) is 5.92 Å². The van der Waals surface area contributed by atoms with Gasteiger partial charge in [0.05, 0.1) is 0 Å². The predicted octanol–water partition coefficient (Wildman–Crippen LogP) is 3.86. The van der Waals surface area contributed by atoms with E-state index in [1.54, 1.807) is 5.06 Å². The van der Waals surface area contributed by atoms with Gasteiger partial charge in [0, 0.05) is 37.4 Å². The SMILES string of the molecule is C=C(CC)C(=O)OC1CCN(OC(=O)CC(C)C)CC1c1ccccc1. The van der Waals surface area contributed by atoms with Crippen LogP contribution in [-0.4, -0.2) is 36.2 Å². The highest BCUT2D eigenvalue weighted by atomic mass is 16.7. The van der Waals surface area contributed by atoms with E-state index in [1.165, 1.54) is 0 Å². The van der Waals surface area contributed by atoms with Crippen molar-refractivity contribution in [2.45, 2.75) is 52.1 Å². The number of hydrogen-bond acceptors (Lipinski definition) is 5. The van der Waals surface area contributed by atoms with Gasteiger partial charge in [0.15, 0.2) is 0 Å². The highest BCUT2D eigenvalue weighted by molar-refractivity contribution is 5.87. The maximum Gasteiger partial charge on any atom is 0.333 e. The maximum atomic E-state index is 12.2. The summed E-state index contributed by atoms with van der Waals surface area (Å²) in [7, 11) is 0. The average Bonchev–Trinajstić information content (AvgIpc) is 2.62. The van der Waals surface area contributed by atoms with Gasteiger partial charge in [-0.05, 0) is 17.9 Å². The molecule has 1 aromatic rings. The van der Waals surface area contributed by atoms with Gasteiger partial charge in [-0.1, -0.05) is 57.7 Å². The second kappa shape index (κ2) is 9.53. The van der Waals surface area contributed by atoms with Crippen molar-refractivity contribution in [3.63, 3.8) is 0 Å². The highest BCUT2D eigenvalue weighted by Crippen LogP contribution is 2.30. The molecule has 26 heavy (non-hydrogen) atoms. The number of esters is 1. The lowest BCUT2D eigenvalue weighted by molar-refractivity contribution is -0.204. The Kier molecular flexibility index (Phi) is 7.39. The lowest BCUT2D eigenvalue weighted by Crippen LogP contribution is -2.44. The van der Waals surface area contributed by atoms with Gasteiger partial charge in [0.25, 0.3) is 0 Å². The van der Waals surface area contributed by atoms with Gasteiger partial charge in [-0.2, -0.15) is 0 Å². The van der Waals surface area contributed by atoms with Gasteiger partial charge in [0.2, 0.25) is 0 Å². The maximum absolute atomic E-state index is 12.2. The summed E-state index contributed by atoms with van der Waals surface area (Å²) >= 11 is 0. The topological polar surface area (TPSA) is 55.8 Å². The van der Waals surface area contributed by atoms with Crippen LogP contribution in [-0.2, 0) is 19.2 Å². The number of carbonyl (C=O) groups excluding carboxylic acids is 2. The van der Waals surface area contributed by atoms with Gasteiger partial charge < -0.3 is 9.57 Å². The van der Waals surface area contributed by atoms with Crippen LogP contribution in [0.4, 0.5) is 0 Å². The van der Waals surface area contributed by atoms with E-state index in [0.29, 0.717) is 37.9 Å². The Hall–Kier alpha value is -2.14. The number of hydrogen-bond donors (Lipinski definition) is 0. The third-order valence-corrected chi connectivity index (χ3v) is 4.52. The third kappa shape index (κ3) is 5.70. The van der Waals surface area contributed by atoms with Crippen LogP contribution >= 0.6 is 0 Å². The lowest BCUT2D eigenvalue weighted by atomic mass is 9.88. The van der Waals surface area contributed by atoms with Crippen molar-refractivity contribution in [1.82, 2.24) is 5.06 Å². The molecule has 2 rings (SSSR count). The fourth-order valence-electron chi connectivity index (χ4n) is 3.02. The summed E-state index contributed by atoms with van der Waals surface area (Å²) in [6, 6.07) is 9.90. The molecule has 1 saturated heterocycles. The fraction of sp³-hybridized carbons (Fsp3) is 0.524. The van der Waals surface area contributed by atoms with Crippen LogP contribution in [0.25, 0.3) is 0 Å². The molecule has 2 atom stereocenters. The molecular weight excluding hydrogens is 330 g/mol. The molecule has 0 aliphatic carbocycles. The summed E-state index contributed by atoms with van der Waals surface area (Å²) < 4.78 is 5.72. The van der Waals surface area contributed by atoms with Crippen LogP contribution < -0.4 is 0 Å². The first kappa shape index (κ1) is 20.2. The molecule has 1 aliphatic heterocycles. The molecule has 0 bridgehead atoms. The van der Waals surface area contributed by atoms with Crippen molar-refractivity contribution in [3.8, 4) is 0 Å². The van der Waals surface area contributed by atoms with Gasteiger partial charge in [0.1, 0.15) is 6.10 Å². The van der Waals surface area contributed by atoms with Gasteiger partial charge in [-0.3, -0.25) is 4.79 Å². The Balaban J connectivity index is 2.09. The Morgan fingerprint density at radius 2 is 1.96 bits per heavy atom. The first-order valence-electron chi connectivity index (χ1n) is 9.30. The molecule has 1 aliphatic rings. The molecular formula is C21H29NO4. The standard InChI is InChI=1S/C21H29NO4/c1-5-16(4)21(24)25-19-11-12-22(26-20(23)13-15(2)3)14-18(19)17-9-7-6-8-10-17/h6-10,15,18-19H,4-5,11-14H2,1-3H3. The average molecular weight is 359 g/mol. The van der Waals surface area contributed by atoms with E-state index in [-0.39, 0.29) is 29.9 Å². The smallest absolute Gasteiger partial charge is 0.333 e. The van der Waals surface area contributed by atoms with E-state index in [9.17, 15) is 9.59 Å². The summed E-state index contributed by atoms with van der Waals surface area (Å²) in [5.41, 5.74) is 1.54. The molecule has 1 aromatic carbocycles. The van der Waals surface area contributed by atoms with Gasteiger partial charge in [-0.25, -0.2) is 4.79 Å². The molecule has 0 amide bonds. The van der Waals surface area contributed by atoms with Crippen LogP contribution in [0.1, 0.15) is 51.5 Å². The minimum atomic E-state index is -0.344. The number of hydroxylamine groups is 2. The second-order valence-electron chi connectivity index (χ2n) is 7.16. The number of benzene rings is 1. The Morgan fingerprint density at radius 3 is 2.58 bits per heavy atom. The first-order chi connectivity index (χ1) is 12.4. The van der Waals surface area contributed by atoms with Crippen LogP contribution in [0.15, 0.2) is 42.5 Å². The molecule has 0 saturated carbocycles. The molecule has 5 nitrogen and oxygen atoms in total. The number of nitrogens with zero attached hydrogens (tertiary/aromatic N) is 1. The lowest BCUT2D eigenvalue weighted by Gasteiger charge is -2.37. The van der Waals surface area contributed by atoms with E-state index in [0.717, 1.165) is 5.56 Å². The monoisotopic (exact) mass is 359 g/mol. The first-order valence-corrected chi connectivity index (χ1v) is 9.30. The van der Waals surface area contributed by atoms with Crippen molar-refractivity contribution in [2.24, 2.45) is 5.92 Å². The number of rotatable bonds is 7. The molecule has 2 unspecified atom stereocenters. The predicted molar refractivity (Wildman–Crippen MR) is 100 cm³/mol. The zero-order valence-electron chi connectivity index (χ0n) is 15.9. The van der Waals surface area contributed by atoms with E-state index < -0.39 is 0 Å². The Morgan fingerprint density at radius 1 is 1.27 bits per heavy atom. The van der Waals surface area contributed by atoms with E-state index in [4.69, 9.17) is 9.57 Å². The van der Waals surface area contributed by atoms with Gasteiger partial charge >= 0.3 is 11.9 Å². The van der Waals surface area contributed by atoms with E-state index in [2.05, 4.69) is 6.58 Å². The normalized spacial score (nSPS) is 20.6. The van der Waals surface area contributed by atoms with Crippen molar-refractivity contribution in [3.05, 3.63) is 48.0 Å². The van der Waals surface area contributed by atoms with Crippen molar-refractivity contribution in [1.29, 1.82) is 0 Å². The highest BCUT2D eigenvalue weighted by Gasteiger charge is 2.35. The fourth-order valence-corrected chi connectivity index (χ4v) is 3.02. The number of ether oxygens (including phenoxy) is 1. The van der Waals surface area contributed by atoms with Crippen LogP contribution in [0.3, 0.4) is 0 Å². The summed E-state index contributed by atoms with van der Waals surface area (Å²) in [5.74, 6) is -0.360. The summed E-state index contributed by atoms with van der Waals surface area (Å²) in [6.45, 7) is 10.7. The molecule has 0 aromatic heterocycles. The Labute approximate surface area is 155 Å². The molecule has 142 valence electrons. The largest absolute Gasteiger partial charge is 0.458 e. The minimum Gasteiger partial charge on any atom is -0.458 e. The van der Waals surface area contributed by atoms with E-state index >= 15 is 0 Å². The minimum absolute atomic E-state index is 0.0505. The van der Waals surface area contributed by atoms with Gasteiger partial charge in [-0.15, -0.1) is 5.06 Å². The Bertz CT molecular complexity index is 626. The summed E-state index contributed by atoms with van der Waals surface area (Å²) in [6.07, 6.45) is 1.31. The molecule has 0 radical (unpaired) electrons. The van der Waals surface area contributed by atoms with Crippen molar-refractivity contribution < 1.29 is 19.2 Å². The molecule has 1 heterocycles. The third-order valence-electron chi connectivity index (χ3n) is 4.52. The summed E-state index contributed by atoms with van der Waals surface area (Å²) in [4.78, 5) is 29.7. The second-order valence-corrected chi connectivity index (χ2v) is 7.16. The van der Waals surface area contributed by atoms with Crippen molar-refractivity contribution >= 4 is 11.9 Å². The number of piperidine rings is 1. The zero-order valence-corrected chi connectivity index (χ0v) is 15.9. The van der Waals surface area contributed by atoms with Crippen LogP contribution in [0.5, 0.6) is 0 Å². The molecule has 5 heteroatoms. The number of carbonyl (C=O) groups is 2. The molecule has 0 spiro atoms. The van der Waals surface area contributed by atoms with Crippen LogP contribution in [0.2, 0.25) is 0 Å². The molecule has 1 fully saturated rings. The van der Waals surface area contributed by atoms with E-state index in [1.807, 2.05) is 51.1 Å². The zero-order chi connectivity index (χ0) is 19.1. The summed E-state index contributed by atoms with van der Waals surface area (Å²) in [5, 5.41) is 1.70. The van der Waals surface area contributed by atoms with Crippen molar-refractivity contribution in [2.75, 3.05) is 13.1 Å².